The molecule has 0 saturated carbocycles. The van der Waals surface area contributed by atoms with Crippen molar-refractivity contribution in [2.45, 2.75) is 13.1 Å². The SMILES string of the molecule is Cc1ccc(C(F)=C(F)C(F)(F)F)cc1. The maximum absolute atomic E-state index is 12.9. The Morgan fingerprint density at radius 1 is 1.00 bits per heavy atom. The van der Waals surface area contributed by atoms with Crippen LogP contribution >= 0.6 is 0 Å². The molecular weight excluding hydrogens is 215 g/mol. The topological polar surface area (TPSA) is 0 Å². The molecule has 1 aromatic carbocycles. The summed E-state index contributed by atoms with van der Waals surface area (Å²) in [5, 5.41) is 0. The molecule has 0 aliphatic heterocycles. The van der Waals surface area contributed by atoms with Crippen molar-refractivity contribution in [2.75, 3.05) is 0 Å². The van der Waals surface area contributed by atoms with Gasteiger partial charge in [0.15, 0.2) is 5.83 Å². The second-order valence-electron chi connectivity index (χ2n) is 2.99. The lowest BCUT2D eigenvalue weighted by atomic mass is 10.1. The van der Waals surface area contributed by atoms with Crippen molar-refractivity contribution in [2.24, 2.45) is 0 Å². The van der Waals surface area contributed by atoms with Gasteiger partial charge in [-0.1, -0.05) is 29.8 Å². The lowest BCUT2D eigenvalue weighted by molar-refractivity contribution is -0.108. The van der Waals surface area contributed by atoms with Crippen molar-refractivity contribution in [1.82, 2.24) is 0 Å². The van der Waals surface area contributed by atoms with E-state index in [0.717, 1.165) is 17.7 Å². The molecule has 0 saturated heterocycles. The molecule has 82 valence electrons. The van der Waals surface area contributed by atoms with E-state index >= 15 is 0 Å². The van der Waals surface area contributed by atoms with Crippen LogP contribution in [-0.2, 0) is 0 Å². The highest BCUT2D eigenvalue weighted by Crippen LogP contribution is 2.33. The van der Waals surface area contributed by atoms with Crippen LogP contribution in [-0.4, -0.2) is 6.18 Å². The largest absolute Gasteiger partial charge is 0.445 e. The molecule has 0 aromatic heterocycles. The van der Waals surface area contributed by atoms with E-state index in [4.69, 9.17) is 0 Å². The van der Waals surface area contributed by atoms with Gasteiger partial charge in [0, 0.05) is 5.56 Å². The van der Waals surface area contributed by atoms with Crippen molar-refractivity contribution in [3.05, 3.63) is 41.2 Å². The molecule has 0 unspecified atom stereocenters. The normalized spacial score (nSPS) is 13.7. The lowest BCUT2D eigenvalue weighted by Crippen LogP contribution is -2.09. The average Bonchev–Trinajstić information content (AvgIpc) is 2.15. The van der Waals surface area contributed by atoms with Gasteiger partial charge in [-0.25, -0.2) is 4.39 Å². The summed E-state index contributed by atoms with van der Waals surface area (Å²) in [7, 11) is 0. The highest BCUT2D eigenvalue weighted by molar-refractivity contribution is 5.61. The molecule has 1 rings (SSSR count). The quantitative estimate of drug-likeness (QED) is 0.625. The molecule has 0 atom stereocenters. The highest BCUT2D eigenvalue weighted by Gasteiger charge is 2.38. The predicted octanol–water partition coefficient (Wildman–Crippen LogP) is 4.16. The van der Waals surface area contributed by atoms with E-state index in [2.05, 4.69) is 0 Å². The molecular formula is C10H7F5. The van der Waals surface area contributed by atoms with Crippen molar-refractivity contribution in [3.8, 4) is 0 Å². The zero-order valence-electron chi connectivity index (χ0n) is 7.70. The third-order valence-corrected chi connectivity index (χ3v) is 1.75. The molecule has 0 amide bonds. The molecule has 0 aliphatic carbocycles. The Labute approximate surface area is 83.0 Å². The fraction of sp³-hybridized carbons (Fsp3) is 0.200. The summed E-state index contributed by atoms with van der Waals surface area (Å²) in [5.74, 6) is -4.59. The van der Waals surface area contributed by atoms with Crippen LogP contribution in [0, 0.1) is 6.92 Å². The van der Waals surface area contributed by atoms with E-state index < -0.39 is 23.4 Å². The van der Waals surface area contributed by atoms with Gasteiger partial charge in [-0.2, -0.15) is 17.6 Å². The van der Waals surface area contributed by atoms with E-state index in [1.165, 1.54) is 12.1 Å². The van der Waals surface area contributed by atoms with Gasteiger partial charge >= 0.3 is 6.18 Å². The minimum absolute atomic E-state index is 0.421. The minimum atomic E-state index is -5.28. The van der Waals surface area contributed by atoms with Gasteiger partial charge in [-0.15, -0.1) is 0 Å². The van der Waals surface area contributed by atoms with Crippen LogP contribution in [0.4, 0.5) is 22.0 Å². The number of allylic oxidation sites excluding steroid dienone is 1. The van der Waals surface area contributed by atoms with Crippen molar-refractivity contribution < 1.29 is 22.0 Å². The first-order chi connectivity index (χ1) is 6.82. The Balaban J connectivity index is 3.14. The summed E-state index contributed by atoms with van der Waals surface area (Å²) in [5.41, 5.74) is 0.328. The average molecular weight is 222 g/mol. The van der Waals surface area contributed by atoms with Gasteiger partial charge < -0.3 is 0 Å². The first-order valence-electron chi connectivity index (χ1n) is 4.02. The number of hydrogen-bond acceptors (Lipinski definition) is 0. The molecule has 0 radical (unpaired) electrons. The first kappa shape index (κ1) is 11.7. The van der Waals surface area contributed by atoms with Crippen molar-refractivity contribution >= 4 is 5.83 Å². The smallest absolute Gasteiger partial charge is 0.203 e. The Kier molecular flexibility index (Phi) is 3.12. The fourth-order valence-corrected chi connectivity index (χ4v) is 0.951. The van der Waals surface area contributed by atoms with E-state index in [0.29, 0.717) is 0 Å². The molecule has 0 nitrogen and oxygen atoms in total. The fourth-order valence-electron chi connectivity index (χ4n) is 0.951. The van der Waals surface area contributed by atoms with Crippen LogP contribution in [0.2, 0.25) is 0 Å². The van der Waals surface area contributed by atoms with Gasteiger partial charge in [-0.05, 0) is 6.92 Å². The summed E-state index contributed by atoms with van der Waals surface area (Å²) < 4.78 is 60.8. The van der Waals surface area contributed by atoms with Crippen molar-refractivity contribution in [3.63, 3.8) is 0 Å². The molecule has 0 heterocycles. The number of aryl methyl sites for hydroxylation is 1. The number of rotatable bonds is 1. The van der Waals surface area contributed by atoms with E-state index in [9.17, 15) is 22.0 Å². The number of alkyl halides is 3. The Morgan fingerprint density at radius 2 is 1.47 bits per heavy atom. The molecule has 0 spiro atoms. The molecule has 15 heavy (non-hydrogen) atoms. The standard InChI is InChI=1S/C10H7F5/c1-6-2-4-7(5-3-6)8(11)9(12)10(13,14)15/h2-5H,1H3. The summed E-state index contributed by atoms with van der Waals surface area (Å²) in [6.07, 6.45) is -5.28. The zero-order chi connectivity index (χ0) is 11.6. The maximum atomic E-state index is 12.9. The van der Waals surface area contributed by atoms with Crippen molar-refractivity contribution in [1.29, 1.82) is 0 Å². The maximum Gasteiger partial charge on any atom is 0.445 e. The Bertz CT molecular complexity index is 372. The summed E-state index contributed by atoms with van der Waals surface area (Å²) in [4.78, 5) is 0. The van der Waals surface area contributed by atoms with Crippen LogP contribution in [0.1, 0.15) is 11.1 Å². The molecule has 0 fully saturated rings. The van der Waals surface area contributed by atoms with Gasteiger partial charge in [0.25, 0.3) is 0 Å². The summed E-state index contributed by atoms with van der Waals surface area (Å²) >= 11 is 0. The molecule has 1 aromatic rings. The van der Waals surface area contributed by atoms with Crippen LogP contribution in [0.15, 0.2) is 30.1 Å². The van der Waals surface area contributed by atoms with Crippen LogP contribution < -0.4 is 0 Å². The Hall–Kier alpha value is -1.39. The van der Waals surface area contributed by atoms with E-state index in [1.54, 1.807) is 6.92 Å². The molecule has 0 N–H and O–H groups in total. The van der Waals surface area contributed by atoms with Gasteiger partial charge in [0.1, 0.15) is 0 Å². The van der Waals surface area contributed by atoms with Gasteiger partial charge in [-0.3, -0.25) is 0 Å². The van der Waals surface area contributed by atoms with Gasteiger partial charge in [0.05, 0.1) is 0 Å². The molecule has 5 heteroatoms. The minimum Gasteiger partial charge on any atom is -0.203 e. The third-order valence-electron chi connectivity index (χ3n) is 1.75. The second-order valence-corrected chi connectivity index (χ2v) is 2.99. The lowest BCUT2D eigenvalue weighted by Gasteiger charge is -2.05. The van der Waals surface area contributed by atoms with Crippen LogP contribution in [0.25, 0.3) is 5.83 Å². The molecule has 0 bridgehead atoms. The Morgan fingerprint density at radius 3 is 1.87 bits per heavy atom. The summed E-state index contributed by atoms with van der Waals surface area (Å²) in [6.45, 7) is 1.69. The molecule has 0 aliphatic rings. The summed E-state index contributed by atoms with van der Waals surface area (Å²) in [6, 6.07) is 4.99. The van der Waals surface area contributed by atoms with Gasteiger partial charge in [0.2, 0.25) is 5.83 Å². The number of benzene rings is 1. The number of halogens is 5. The highest BCUT2D eigenvalue weighted by atomic mass is 19.4. The number of hydrogen-bond donors (Lipinski definition) is 0. The zero-order valence-corrected chi connectivity index (χ0v) is 7.70. The van der Waals surface area contributed by atoms with Crippen LogP contribution in [0.3, 0.4) is 0 Å². The third kappa shape index (κ3) is 2.78. The second kappa shape index (κ2) is 4.00. The van der Waals surface area contributed by atoms with E-state index in [1.807, 2.05) is 0 Å². The predicted molar refractivity (Wildman–Crippen MR) is 46.4 cm³/mol. The first-order valence-corrected chi connectivity index (χ1v) is 4.02. The monoisotopic (exact) mass is 222 g/mol. The van der Waals surface area contributed by atoms with Crippen LogP contribution in [0.5, 0.6) is 0 Å². The van der Waals surface area contributed by atoms with E-state index in [-0.39, 0.29) is 0 Å².